The van der Waals surface area contributed by atoms with Crippen LogP contribution in [-0.2, 0) is 11.2 Å². The van der Waals surface area contributed by atoms with Gasteiger partial charge in [0.05, 0.1) is 13.7 Å². The minimum atomic E-state index is -0.0588. The maximum atomic E-state index is 11.9. The lowest BCUT2D eigenvalue weighted by molar-refractivity contribution is -0.121. The number of amides is 1. The van der Waals surface area contributed by atoms with E-state index < -0.39 is 0 Å². The normalized spacial score (nSPS) is 10.6. The molecule has 0 saturated heterocycles. The van der Waals surface area contributed by atoms with Crippen LogP contribution >= 0.6 is 0 Å². The third-order valence-electron chi connectivity index (χ3n) is 3.64. The number of methoxy groups -OCH3 is 1. The average Bonchev–Trinajstić information content (AvgIpc) is 3.07. The number of nitrogens with one attached hydrogen (secondary N) is 1. The number of ether oxygens (including phenoxy) is 2. The molecule has 3 aromatic rings. The van der Waals surface area contributed by atoms with Crippen LogP contribution in [0.3, 0.4) is 0 Å². The molecule has 1 aromatic heterocycles. The highest BCUT2D eigenvalue weighted by molar-refractivity contribution is 5.76. The molecule has 25 heavy (non-hydrogen) atoms. The number of para-hydroxylation sites is 2. The molecule has 0 aliphatic heterocycles. The molecule has 0 saturated carbocycles. The molecule has 0 fully saturated rings. The molecular weight excluding hydrogens is 320 g/mol. The summed E-state index contributed by atoms with van der Waals surface area (Å²) in [5.74, 6) is 1.96. The molecule has 1 N–H and O–H groups in total. The Morgan fingerprint density at radius 1 is 1.16 bits per heavy atom. The zero-order chi connectivity index (χ0) is 17.5. The molecule has 6 nitrogen and oxygen atoms in total. The third kappa shape index (κ3) is 4.73. The van der Waals surface area contributed by atoms with Crippen molar-refractivity contribution in [1.29, 1.82) is 0 Å². The summed E-state index contributed by atoms with van der Waals surface area (Å²) < 4.78 is 16.3. The van der Waals surface area contributed by atoms with Crippen molar-refractivity contribution < 1.29 is 18.7 Å². The summed E-state index contributed by atoms with van der Waals surface area (Å²) >= 11 is 0. The van der Waals surface area contributed by atoms with Crippen LogP contribution in [0, 0.1) is 0 Å². The van der Waals surface area contributed by atoms with Crippen molar-refractivity contribution in [1.82, 2.24) is 10.3 Å². The summed E-state index contributed by atoms with van der Waals surface area (Å²) in [5, 5.41) is 2.82. The van der Waals surface area contributed by atoms with Gasteiger partial charge < -0.3 is 19.2 Å². The van der Waals surface area contributed by atoms with Crippen molar-refractivity contribution in [3.63, 3.8) is 0 Å². The van der Waals surface area contributed by atoms with Crippen molar-refractivity contribution in [3.05, 3.63) is 54.4 Å². The van der Waals surface area contributed by atoms with Gasteiger partial charge in [0.15, 0.2) is 11.5 Å². The van der Waals surface area contributed by atoms with Crippen molar-refractivity contribution in [2.45, 2.75) is 12.8 Å². The molecule has 3 rings (SSSR count). The van der Waals surface area contributed by atoms with Crippen LogP contribution in [0.25, 0.3) is 11.1 Å². The van der Waals surface area contributed by atoms with E-state index in [4.69, 9.17) is 13.9 Å². The highest BCUT2D eigenvalue weighted by Gasteiger charge is 2.08. The van der Waals surface area contributed by atoms with Crippen LogP contribution < -0.4 is 14.8 Å². The van der Waals surface area contributed by atoms with Gasteiger partial charge in [0.2, 0.25) is 5.91 Å². The van der Waals surface area contributed by atoms with Crippen molar-refractivity contribution in [2.24, 2.45) is 0 Å². The molecular formula is C19H20N2O4. The molecule has 0 atom stereocenters. The molecule has 0 spiro atoms. The Kier molecular flexibility index (Phi) is 5.51. The van der Waals surface area contributed by atoms with E-state index in [0.29, 0.717) is 37.6 Å². The first kappa shape index (κ1) is 16.8. The minimum absolute atomic E-state index is 0.0588. The predicted octanol–water partition coefficient (Wildman–Crippen LogP) is 2.96. The van der Waals surface area contributed by atoms with Gasteiger partial charge in [0, 0.05) is 18.9 Å². The van der Waals surface area contributed by atoms with E-state index in [1.54, 1.807) is 13.2 Å². The van der Waals surface area contributed by atoms with Crippen molar-refractivity contribution in [2.75, 3.05) is 20.3 Å². The maximum Gasteiger partial charge on any atom is 0.220 e. The number of hydrogen-bond acceptors (Lipinski definition) is 5. The monoisotopic (exact) mass is 340 g/mol. The van der Waals surface area contributed by atoms with Gasteiger partial charge in [-0.3, -0.25) is 4.79 Å². The number of aryl methyl sites for hydroxylation is 1. The number of carbonyl (C=O) groups is 1. The predicted molar refractivity (Wildman–Crippen MR) is 93.8 cm³/mol. The largest absolute Gasteiger partial charge is 0.497 e. The fourth-order valence-electron chi connectivity index (χ4n) is 2.39. The van der Waals surface area contributed by atoms with Gasteiger partial charge >= 0.3 is 0 Å². The number of benzene rings is 2. The third-order valence-corrected chi connectivity index (χ3v) is 3.64. The number of oxazole rings is 1. The Labute approximate surface area is 145 Å². The Balaban J connectivity index is 1.37. The fourth-order valence-corrected chi connectivity index (χ4v) is 2.39. The molecule has 2 aromatic carbocycles. The van der Waals surface area contributed by atoms with E-state index in [1.165, 1.54) is 0 Å². The van der Waals surface area contributed by atoms with Gasteiger partial charge in [-0.15, -0.1) is 0 Å². The summed E-state index contributed by atoms with van der Waals surface area (Å²) in [6.07, 6.45) is 0.795. The summed E-state index contributed by atoms with van der Waals surface area (Å²) in [5.41, 5.74) is 1.55. The Bertz CT molecular complexity index is 811. The van der Waals surface area contributed by atoms with E-state index in [1.807, 2.05) is 42.5 Å². The molecule has 130 valence electrons. The average molecular weight is 340 g/mol. The zero-order valence-corrected chi connectivity index (χ0v) is 14.0. The fraction of sp³-hybridized carbons (Fsp3) is 0.263. The van der Waals surface area contributed by atoms with Gasteiger partial charge in [-0.05, 0) is 24.3 Å². The second-order valence-electron chi connectivity index (χ2n) is 5.45. The first-order valence-electron chi connectivity index (χ1n) is 8.12. The molecule has 0 aliphatic rings. The summed E-state index contributed by atoms with van der Waals surface area (Å²) in [7, 11) is 1.61. The zero-order valence-electron chi connectivity index (χ0n) is 14.0. The van der Waals surface area contributed by atoms with Crippen molar-refractivity contribution in [3.8, 4) is 11.5 Å². The smallest absolute Gasteiger partial charge is 0.220 e. The number of fused-ring (bicyclic) bond motifs is 1. The number of nitrogens with zero attached hydrogens (tertiary/aromatic N) is 1. The summed E-state index contributed by atoms with van der Waals surface area (Å²) in [6.45, 7) is 0.825. The maximum absolute atomic E-state index is 11.9. The lowest BCUT2D eigenvalue weighted by Gasteiger charge is -2.08. The first-order chi connectivity index (χ1) is 12.2. The van der Waals surface area contributed by atoms with Crippen LogP contribution in [0.5, 0.6) is 11.5 Å². The summed E-state index contributed by atoms with van der Waals surface area (Å²) in [6, 6.07) is 14.9. The molecule has 6 heteroatoms. The number of hydrogen-bond donors (Lipinski definition) is 1. The molecule has 1 heterocycles. The van der Waals surface area contributed by atoms with Crippen molar-refractivity contribution >= 4 is 17.0 Å². The first-order valence-corrected chi connectivity index (χ1v) is 8.12. The lowest BCUT2D eigenvalue weighted by atomic mass is 10.3. The Hall–Kier alpha value is -3.02. The van der Waals surface area contributed by atoms with E-state index in [2.05, 4.69) is 10.3 Å². The van der Waals surface area contributed by atoms with Crippen LogP contribution in [0.2, 0.25) is 0 Å². The number of rotatable bonds is 8. The van der Waals surface area contributed by atoms with E-state index in [0.717, 1.165) is 16.8 Å². The quantitative estimate of drug-likeness (QED) is 0.638. The van der Waals surface area contributed by atoms with Crippen LogP contribution in [0.15, 0.2) is 52.9 Å². The van der Waals surface area contributed by atoms with Gasteiger partial charge in [-0.1, -0.05) is 18.2 Å². The number of carbonyl (C=O) groups excluding carboxylic acids is 1. The van der Waals surface area contributed by atoms with Gasteiger partial charge in [0.1, 0.15) is 23.6 Å². The second kappa shape index (κ2) is 8.19. The lowest BCUT2D eigenvalue weighted by Crippen LogP contribution is -2.28. The molecule has 0 bridgehead atoms. The van der Waals surface area contributed by atoms with E-state index >= 15 is 0 Å². The Morgan fingerprint density at radius 2 is 2.00 bits per heavy atom. The SMILES string of the molecule is COc1cccc(OCCNC(=O)CCc2nc3ccccc3o2)c1. The molecule has 0 unspecified atom stereocenters. The second-order valence-corrected chi connectivity index (χ2v) is 5.45. The standard InChI is InChI=1S/C19H20N2O4/c1-23-14-5-4-6-15(13-14)24-12-11-20-18(22)9-10-19-21-16-7-2-3-8-17(16)25-19/h2-8,13H,9-12H2,1H3,(H,20,22). The van der Waals surface area contributed by atoms with Gasteiger partial charge in [0.25, 0.3) is 0 Å². The molecule has 0 aliphatic carbocycles. The van der Waals surface area contributed by atoms with Gasteiger partial charge in [-0.2, -0.15) is 0 Å². The van der Waals surface area contributed by atoms with Crippen LogP contribution in [-0.4, -0.2) is 31.2 Å². The highest BCUT2D eigenvalue weighted by atomic mass is 16.5. The minimum Gasteiger partial charge on any atom is -0.497 e. The highest BCUT2D eigenvalue weighted by Crippen LogP contribution is 2.18. The number of aromatic nitrogens is 1. The van der Waals surface area contributed by atoms with E-state index in [9.17, 15) is 4.79 Å². The van der Waals surface area contributed by atoms with Crippen LogP contribution in [0.1, 0.15) is 12.3 Å². The van der Waals surface area contributed by atoms with E-state index in [-0.39, 0.29) is 5.91 Å². The molecule has 1 amide bonds. The van der Waals surface area contributed by atoms with Gasteiger partial charge in [-0.25, -0.2) is 4.98 Å². The summed E-state index contributed by atoms with van der Waals surface area (Å²) in [4.78, 5) is 16.2. The Morgan fingerprint density at radius 3 is 2.84 bits per heavy atom. The molecule has 0 radical (unpaired) electrons. The topological polar surface area (TPSA) is 73.6 Å². The van der Waals surface area contributed by atoms with Crippen LogP contribution in [0.4, 0.5) is 0 Å².